The number of fused-ring (bicyclic) bond motifs is 1. The van der Waals surface area contributed by atoms with Crippen molar-refractivity contribution in [1.82, 2.24) is 5.01 Å². The van der Waals surface area contributed by atoms with E-state index in [1.54, 1.807) is 17.4 Å². The molecule has 0 radical (unpaired) electrons. The van der Waals surface area contributed by atoms with Gasteiger partial charge in [-0.3, -0.25) is 10.2 Å². The lowest BCUT2D eigenvalue weighted by atomic mass is 9.98. The Morgan fingerprint density at radius 1 is 1.05 bits per heavy atom. The predicted octanol–water partition coefficient (Wildman–Crippen LogP) is 6.78. The van der Waals surface area contributed by atoms with Crippen molar-refractivity contribution < 1.29 is 14.3 Å². The number of thiophene rings is 1. The Hall–Kier alpha value is -3.69. The highest BCUT2D eigenvalue weighted by Crippen LogP contribution is 2.32. The Kier molecular flexibility index (Phi) is 8.05. The summed E-state index contributed by atoms with van der Waals surface area (Å²) >= 11 is 2.86. The van der Waals surface area contributed by atoms with Crippen molar-refractivity contribution in [3.8, 4) is 11.5 Å². The SMILES string of the molecule is CCC(C)c1ccccc1OCCCOc1ccc(/C=C2/C(=N)N3N=C(c4cccs4)SC3=NC2=O)cc1. The van der Waals surface area contributed by atoms with E-state index < -0.39 is 5.91 Å². The second-order valence-corrected chi connectivity index (χ2v) is 10.8. The van der Waals surface area contributed by atoms with Gasteiger partial charge < -0.3 is 9.47 Å². The largest absolute Gasteiger partial charge is 0.493 e. The van der Waals surface area contributed by atoms with Gasteiger partial charge in [-0.1, -0.05) is 50.2 Å². The molecule has 7 nitrogen and oxygen atoms in total. The van der Waals surface area contributed by atoms with Crippen molar-refractivity contribution in [2.24, 2.45) is 10.1 Å². The summed E-state index contributed by atoms with van der Waals surface area (Å²) in [5, 5.41) is 17.6. The van der Waals surface area contributed by atoms with E-state index in [0.29, 0.717) is 24.3 Å². The highest BCUT2D eigenvalue weighted by atomic mass is 32.2. The van der Waals surface area contributed by atoms with E-state index in [-0.39, 0.29) is 11.4 Å². The number of hydrogen-bond acceptors (Lipinski definition) is 7. The van der Waals surface area contributed by atoms with Gasteiger partial charge in [0.15, 0.2) is 5.84 Å². The number of para-hydroxylation sites is 1. The summed E-state index contributed by atoms with van der Waals surface area (Å²) in [6, 6.07) is 19.5. The smallest absolute Gasteiger partial charge is 0.283 e. The van der Waals surface area contributed by atoms with Crippen LogP contribution in [0.4, 0.5) is 0 Å². The first-order valence-corrected chi connectivity index (χ1v) is 14.2. The minimum absolute atomic E-state index is 0.0225. The van der Waals surface area contributed by atoms with Crippen LogP contribution >= 0.6 is 23.1 Å². The number of hydrazone groups is 1. The van der Waals surface area contributed by atoms with Gasteiger partial charge in [-0.15, -0.1) is 11.3 Å². The molecule has 38 heavy (non-hydrogen) atoms. The highest BCUT2D eigenvalue weighted by Gasteiger charge is 2.36. The zero-order valence-corrected chi connectivity index (χ0v) is 22.8. The quantitative estimate of drug-likeness (QED) is 0.225. The van der Waals surface area contributed by atoms with E-state index in [0.717, 1.165) is 39.8 Å². The summed E-state index contributed by atoms with van der Waals surface area (Å²) in [6.07, 6.45) is 3.50. The zero-order valence-electron chi connectivity index (χ0n) is 21.2. The molecule has 1 atom stereocenters. The van der Waals surface area contributed by atoms with Crippen LogP contribution in [-0.2, 0) is 4.79 Å². The standard InChI is InChI=1S/C29H28N4O3S2/c1-3-19(2)22-8-4-5-9-24(22)36-16-7-15-35-21-13-11-20(12-14-21)18-23-26(30)33-29(31-27(23)34)38-28(32-33)25-10-6-17-37-25/h4-6,8-14,17-19,30H,3,7,15-16H2,1-2H3/b23-18-,30-26?. The van der Waals surface area contributed by atoms with Gasteiger partial charge in [-0.2, -0.15) is 15.1 Å². The average Bonchev–Trinajstić information content (AvgIpc) is 3.62. The zero-order chi connectivity index (χ0) is 26.5. The Bertz CT molecular complexity index is 1410. The first-order chi connectivity index (χ1) is 18.5. The van der Waals surface area contributed by atoms with Crippen molar-refractivity contribution in [3.05, 3.63) is 87.6 Å². The lowest BCUT2D eigenvalue weighted by molar-refractivity contribution is -0.114. The first-order valence-electron chi connectivity index (χ1n) is 12.5. The van der Waals surface area contributed by atoms with Gasteiger partial charge in [0.25, 0.3) is 5.91 Å². The monoisotopic (exact) mass is 544 g/mol. The molecule has 0 saturated heterocycles. The molecule has 0 spiro atoms. The van der Waals surface area contributed by atoms with E-state index >= 15 is 0 Å². The molecule has 0 saturated carbocycles. The van der Waals surface area contributed by atoms with Crippen LogP contribution in [0.15, 0.2) is 81.7 Å². The van der Waals surface area contributed by atoms with Crippen LogP contribution in [0.2, 0.25) is 0 Å². The molecule has 2 aliphatic heterocycles. The fourth-order valence-corrected chi connectivity index (χ4v) is 5.67. The van der Waals surface area contributed by atoms with Gasteiger partial charge in [0.05, 0.1) is 23.7 Å². The molecule has 194 valence electrons. The van der Waals surface area contributed by atoms with Gasteiger partial charge in [0.1, 0.15) is 16.5 Å². The molecule has 5 rings (SSSR count). The minimum atomic E-state index is -0.438. The van der Waals surface area contributed by atoms with Gasteiger partial charge in [0, 0.05) is 6.42 Å². The molecule has 0 aliphatic carbocycles. The second-order valence-electron chi connectivity index (χ2n) is 8.87. The molecule has 0 fully saturated rings. The number of thioether (sulfide) groups is 1. The summed E-state index contributed by atoms with van der Waals surface area (Å²) in [4.78, 5) is 17.8. The maximum absolute atomic E-state index is 12.7. The Balaban J connectivity index is 1.15. The molecule has 1 N–H and O–H groups in total. The molecular weight excluding hydrogens is 516 g/mol. The number of benzene rings is 2. The van der Waals surface area contributed by atoms with E-state index in [2.05, 4.69) is 36.1 Å². The number of carbonyl (C=O) groups excluding carboxylic acids is 1. The number of amides is 1. The molecule has 3 heterocycles. The van der Waals surface area contributed by atoms with Crippen molar-refractivity contribution >= 4 is 51.1 Å². The second kappa shape index (κ2) is 11.8. The number of amidine groups is 2. The maximum Gasteiger partial charge on any atom is 0.283 e. The van der Waals surface area contributed by atoms with Crippen molar-refractivity contribution in [1.29, 1.82) is 5.41 Å². The molecule has 1 unspecified atom stereocenters. The fourth-order valence-electron chi connectivity index (χ4n) is 3.99. The van der Waals surface area contributed by atoms with E-state index in [4.69, 9.17) is 14.9 Å². The molecule has 2 aromatic carbocycles. The number of nitrogens with one attached hydrogen (secondary N) is 1. The van der Waals surface area contributed by atoms with Crippen LogP contribution in [0, 0.1) is 5.41 Å². The van der Waals surface area contributed by atoms with Gasteiger partial charge in [-0.05, 0) is 70.9 Å². The Labute approximate surface area is 230 Å². The third kappa shape index (κ3) is 5.74. The third-order valence-electron chi connectivity index (χ3n) is 6.25. The first kappa shape index (κ1) is 25.9. The van der Waals surface area contributed by atoms with Gasteiger partial charge in [0.2, 0.25) is 5.17 Å². The summed E-state index contributed by atoms with van der Waals surface area (Å²) < 4.78 is 11.9. The highest BCUT2D eigenvalue weighted by molar-refractivity contribution is 8.27. The predicted molar refractivity (Wildman–Crippen MR) is 156 cm³/mol. The molecule has 3 aromatic rings. The number of hydrogen-bond donors (Lipinski definition) is 1. The lowest BCUT2D eigenvalue weighted by Gasteiger charge is -2.20. The summed E-state index contributed by atoms with van der Waals surface area (Å²) in [7, 11) is 0. The Morgan fingerprint density at radius 3 is 2.61 bits per heavy atom. The van der Waals surface area contributed by atoms with E-state index in [1.165, 1.54) is 22.3 Å². The third-order valence-corrected chi connectivity index (χ3v) is 8.20. The van der Waals surface area contributed by atoms with Crippen LogP contribution in [0.1, 0.15) is 48.6 Å². The average molecular weight is 545 g/mol. The van der Waals surface area contributed by atoms with Crippen molar-refractivity contribution in [2.75, 3.05) is 13.2 Å². The topological polar surface area (TPSA) is 87.3 Å². The van der Waals surface area contributed by atoms with Crippen molar-refractivity contribution in [2.45, 2.75) is 32.6 Å². The number of nitrogens with zero attached hydrogens (tertiary/aromatic N) is 3. The van der Waals surface area contributed by atoms with Gasteiger partial charge >= 0.3 is 0 Å². The fraction of sp³-hybridized carbons (Fsp3) is 0.241. The van der Waals surface area contributed by atoms with Crippen LogP contribution < -0.4 is 9.47 Å². The maximum atomic E-state index is 12.7. The van der Waals surface area contributed by atoms with Crippen LogP contribution in [0.5, 0.6) is 11.5 Å². The number of carbonyl (C=O) groups is 1. The molecule has 9 heteroatoms. The number of rotatable bonds is 10. The van der Waals surface area contributed by atoms with Crippen molar-refractivity contribution in [3.63, 3.8) is 0 Å². The molecular formula is C29H28N4O3S2. The number of ether oxygens (including phenoxy) is 2. The Morgan fingerprint density at radius 2 is 1.84 bits per heavy atom. The summed E-state index contributed by atoms with van der Waals surface area (Å²) in [5.74, 6) is 1.72. The van der Waals surface area contributed by atoms with Gasteiger partial charge in [-0.25, -0.2) is 0 Å². The van der Waals surface area contributed by atoms with Crippen LogP contribution in [0.3, 0.4) is 0 Å². The number of aliphatic imine (C=N–C) groups is 1. The molecule has 1 amide bonds. The molecule has 0 bridgehead atoms. The van der Waals surface area contributed by atoms with Crippen LogP contribution in [0.25, 0.3) is 6.08 Å². The normalized spacial score (nSPS) is 16.8. The summed E-state index contributed by atoms with van der Waals surface area (Å²) in [6.45, 7) is 5.50. The van der Waals surface area contributed by atoms with E-state index in [9.17, 15) is 4.79 Å². The molecule has 2 aliphatic rings. The minimum Gasteiger partial charge on any atom is -0.493 e. The van der Waals surface area contributed by atoms with Crippen LogP contribution in [-0.4, -0.2) is 40.2 Å². The lowest BCUT2D eigenvalue weighted by Crippen LogP contribution is -2.35. The van der Waals surface area contributed by atoms with E-state index in [1.807, 2.05) is 53.9 Å². The summed E-state index contributed by atoms with van der Waals surface area (Å²) in [5.41, 5.74) is 2.22. The molecule has 1 aromatic heterocycles.